The number of carbonyl (C=O) groups is 3. The molecule has 39 heavy (non-hydrogen) atoms. The summed E-state index contributed by atoms with van der Waals surface area (Å²) in [5, 5.41) is 17.8. The molecule has 1 fully saturated rings. The van der Waals surface area contributed by atoms with E-state index < -0.39 is 23.5 Å². The first-order chi connectivity index (χ1) is 19.0. The van der Waals surface area contributed by atoms with Crippen LogP contribution < -0.4 is 10.2 Å². The Bertz CT molecular complexity index is 1360. The molecule has 2 aliphatic rings. The Kier molecular flexibility index (Phi) is 7.88. The van der Waals surface area contributed by atoms with E-state index >= 15 is 0 Å². The summed E-state index contributed by atoms with van der Waals surface area (Å²) >= 11 is 0. The number of Topliss-reactive ketones (excluding diaryl/α,β-unsaturated/α-hetero) is 1. The van der Waals surface area contributed by atoms with Gasteiger partial charge in [-0.05, 0) is 43.0 Å². The highest BCUT2D eigenvalue weighted by molar-refractivity contribution is 6.21. The number of ketones is 1. The van der Waals surface area contributed by atoms with E-state index in [2.05, 4.69) is 10.5 Å². The fourth-order valence-electron chi connectivity index (χ4n) is 5.49. The fraction of sp³-hybridized carbons (Fsp3) is 0.333. The molecule has 9 nitrogen and oxygen atoms in total. The molecule has 1 aliphatic carbocycles. The van der Waals surface area contributed by atoms with Gasteiger partial charge in [0.1, 0.15) is 12.0 Å². The maximum Gasteiger partial charge on any atom is 0.294 e. The van der Waals surface area contributed by atoms with E-state index in [0.717, 1.165) is 37.7 Å². The average Bonchev–Trinajstić information content (AvgIpc) is 3.60. The van der Waals surface area contributed by atoms with E-state index in [4.69, 9.17) is 9.26 Å². The van der Waals surface area contributed by atoms with Gasteiger partial charge in [0.25, 0.3) is 11.8 Å². The molecule has 2 N–H and O–H groups in total. The second kappa shape index (κ2) is 11.7. The summed E-state index contributed by atoms with van der Waals surface area (Å²) in [6.07, 6.45) is 6.32. The van der Waals surface area contributed by atoms with Crippen LogP contribution in [0.3, 0.4) is 0 Å². The number of aromatic nitrogens is 1. The van der Waals surface area contributed by atoms with Crippen molar-refractivity contribution in [1.29, 1.82) is 0 Å². The van der Waals surface area contributed by atoms with Gasteiger partial charge in [0.05, 0.1) is 18.2 Å². The Hall–Kier alpha value is -4.24. The van der Waals surface area contributed by atoms with Crippen LogP contribution in [0.5, 0.6) is 0 Å². The Morgan fingerprint density at radius 3 is 2.36 bits per heavy atom. The normalized spacial score (nSPS) is 18.0. The van der Waals surface area contributed by atoms with Crippen LogP contribution in [-0.4, -0.2) is 54.2 Å². The number of anilines is 1. The first-order valence-electron chi connectivity index (χ1n) is 13.2. The number of hydrogen-bond donors (Lipinski definition) is 2. The van der Waals surface area contributed by atoms with Crippen LogP contribution >= 0.6 is 0 Å². The Balaban J connectivity index is 1.44. The zero-order valence-electron chi connectivity index (χ0n) is 21.8. The van der Waals surface area contributed by atoms with Gasteiger partial charge >= 0.3 is 0 Å². The van der Waals surface area contributed by atoms with Crippen LogP contribution in [-0.2, 0) is 9.53 Å². The number of aliphatic hydroxyl groups excluding tert-OH is 1. The summed E-state index contributed by atoms with van der Waals surface area (Å²) in [5.41, 5.74) is 2.92. The molecule has 0 saturated heterocycles. The van der Waals surface area contributed by atoms with Crippen LogP contribution in [0.25, 0.3) is 11.3 Å². The van der Waals surface area contributed by atoms with Gasteiger partial charge in [-0.2, -0.15) is 0 Å². The molecule has 2 aromatic carbocycles. The number of aliphatic hydroxyl groups is 1. The van der Waals surface area contributed by atoms with E-state index in [1.54, 1.807) is 54.5 Å². The molecule has 0 bridgehead atoms. The molecule has 3 aromatic rings. The topological polar surface area (TPSA) is 122 Å². The van der Waals surface area contributed by atoms with Crippen molar-refractivity contribution in [1.82, 2.24) is 10.5 Å². The van der Waals surface area contributed by atoms with Crippen molar-refractivity contribution in [3.05, 3.63) is 83.3 Å². The Morgan fingerprint density at radius 1 is 1.03 bits per heavy atom. The predicted octanol–water partition coefficient (Wildman–Crippen LogP) is 4.71. The van der Waals surface area contributed by atoms with E-state index in [0.29, 0.717) is 35.7 Å². The van der Waals surface area contributed by atoms with Crippen molar-refractivity contribution in [2.75, 3.05) is 25.2 Å². The second-order valence-electron chi connectivity index (χ2n) is 9.87. The number of methoxy groups -OCH3 is 1. The zero-order chi connectivity index (χ0) is 27.4. The molecule has 1 aliphatic heterocycles. The van der Waals surface area contributed by atoms with Crippen LogP contribution in [0.1, 0.15) is 52.8 Å². The lowest BCUT2D eigenvalue weighted by Gasteiger charge is -2.35. The maximum absolute atomic E-state index is 13.8. The van der Waals surface area contributed by atoms with Crippen molar-refractivity contribution >= 4 is 23.3 Å². The number of rotatable bonds is 9. The molecule has 1 saturated carbocycles. The number of carbonyl (C=O) groups excluding carboxylic acids is 3. The summed E-state index contributed by atoms with van der Waals surface area (Å²) in [4.78, 5) is 41.2. The summed E-state index contributed by atoms with van der Waals surface area (Å²) in [5.74, 6) is -1.75. The molecule has 202 valence electrons. The summed E-state index contributed by atoms with van der Waals surface area (Å²) < 4.78 is 9.88. The minimum atomic E-state index is -0.586. The quantitative estimate of drug-likeness (QED) is 0.304. The van der Waals surface area contributed by atoms with Crippen LogP contribution in [0, 0.1) is 5.92 Å². The van der Waals surface area contributed by atoms with Crippen molar-refractivity contribution in [3.63, 3.8) is 0 Å². The molecule has 1 aromatic heterocycles. The molecule has 0 spiro atoms. The lowest BCUT2D eigenvalue weighted by atomic mass is 9.79. The zero-order valence-corrected chi connectivity index (χ0v) is 21.8. The Morgan fingerprint density at radius 2 is 1.72 bits per heavy atom. The standard InChI is InChI=1S/C30H31N3O6/c1-38-18-16-31-29(36)22-9-7-21(8-10-22)27(34)25-26(20-5-3-2-4-6-20)33(30(37)28(25)35)23-13-11-19(12-14-23)24-15-17-39-32-24/h7-15,17,20,26,35H,2-6,16,18H2,1H3,(H,31,36). The van der Waals surface area contributed by atoms with Gasteiger partial charge in [0.2, 0.25) is 0 Å². The average molecular weight is 530 g/mol. The van der Waals surface area contributed by atoms with Crippen LogP contribution in [0.15, 0.2) is 76.7 Å². The number of benzene rings is 2. The van der Waals surface area contributed by atoms with E-state index in [1.165, 1.54) is 6.26 Å². The van der Waals surface area contributed by atoms with Gasteiger partial charge in [-0.15, -0.1) is 0 Å². The second-order valence-corrected chi connectivity index (χ2v) is 9.87. The number of nitrogens with zero attached hydrogens (tertiary/aromatic N) is 2. The van der Waals surface area contributed by atoms with Gasteiger partial charge in [0, 0.05) is 42.1 Å². The first-order valence-corrected chi connectivity index (χ1v) is 13.2. The van der Waals surface area contributed by atoms with Crippen molar-refractivity contribution in [3.8, 4) is 11.3 Å². The Labute approximate surface area is 226 Å². The molecule has 0 radical (unpaired) electrons. The molecule has 5 rings (SSSR count). The summed E-state index contributed by atoms with van der Waals surface area (Å²) in [6.45, 7) is 0.767. The molecule has 9 heteroatoms. The highest BCUT2D eigenvalue weighted by atomic mass is 16.5. The van der Waals surface area contributed by atoms with Crippen LogP contribution in [0.2, 0.25) is 0 Å². The summed E-state index contributed by atoms with van der Waals surface area (Å²) in [6, 6.07) is 14.7. The monoisotopic (exact) mass is 529 g/mol. The lowest BCUT2D eigenvalue weighted by molar-refractivity contribution is -0.117. The lowest BCUT2D eigenvalue weighted by Crippen LogP contribution is -2.42. The largest absolute Gasteiger partial charge is 0.503 e. The minimum Gasteiger partial charge on any atom is -0.503 e. The molecule has 1 atom stereocenters. The van der Waals surface area contributed by atoms with Crippen molar-refractivity contribution in [2.24, 2.45) is 5.92 Å². The molecule has 1 unspecified atom stereocenters. The molecular weight excluding hydrogens is 498 g/mol. The third-order valence-electron chi connectivity index (χ3n) is 7.47. The van der Waals surface area contributed by atoms with E-state index in [-0.39, 0.29) is 17.4 Å². The highest BCUT2D eigenvalue weighted by Crippen LogP contribution is 2.41. The third kappa shape index (κ3) is 5.35. The maximum atomic E-state index is 13.8. The van der Waals surface area contributed by atoms with Crippen molar-refractivity contribution in [2.45, 2.75) is 38.1 Å². The van der Waals surface area contributed by atoms with Gasteiger partial charge < -0.3 is 19.7 Å². The van der Waals surface area contributed by atoms with Crippen LogP contribution in [0.4, 0.5) is 5.69 Å². The predicted molar refractivity (Wildman–Crippen MR) is 144 cm³/mol. The molecule has 2 heterocycles. The van der Waals surface area contributed by atoms with Gasteiger partial charge in [-0.1, -0.05) is 48.7 Å². The summed E-state index contributed by atoms with van der Waals surface area (Å²) in [7, 11) is 1.56. The SMILES string of the molecule is COCCNC(=O)c1ccc(C(=O)C2=C(O)C(=O)N(c3ccc(-c4ccon4)cc3)C2C2CCCCC2)cc1. The number of hydrogen-bond acceptors (Lipinski definition) is 7. The third-order valence-corrected chi connectivity index (χ3v) is 7.47. The van der Waals surface area contributed by atoms with E-state index in [9.17, 15) is 19.5 Å². The molecule has 2 amide bonds. The fourth-order valence-corrected chi connectivity index (χ4v) is 5.49. The minimum absolute atomic E-state index is 0.0346. The highest BCUT2D eigenvalue weighted by Gasteiger charge is 2.47. The smallest absolute Gasteiger partial charge is 0.294 e. The molecular formula is C30H31N3O6. The number of nitrogens with one attached hydrogen (secondary N) is 1. The van der Waals surface area contributed by atoms with E-state index in [1.807, 2.05) is 12.1 Å². The number of amides is 2. The van der Waals surface area contributed by atoms with Gasteiger partial charge in [-0.3, -0.25) is 19.3 Å². The van der Waals surface area contributed by atoms with Gasteiger partial charge in [-0.25, -0.2) is 0 Å². The first kappa shape index (κ1) is 26.4. The van der Waals surface area contributed by atoms with Gasteiger partial charge in [0.15, 0.2) is 11.5 Å². The number of ether oxygens (including phenoxy) is 1. The van der Waals surface area contributed by atoms with Crippen molar-refractivity contribution < 1.29 is 28.8 Å².